The Balaban J connectivity index is 1.95. The van der Waals surface area contributed by atoms with E-state index >= 15 is 0 Å². The Morgan fingerprint density at radius 3 is 2.28 bits per heavy atom. The summed E-state index contributed by atoms with van der Waals surface area (Å²) in [6.45, 7) is 6.04. The molecular formula is C18H30N4O2S. The molecule has 1 saturated heterocycles. The van der Waals surface area contributed by atoms with Crippen LogP contribution in [0.2, 0.25) is 0 Å². The van der Waals surface area contributed by atoms with Crippen molar-refractivity contribution in [2.45, 2.75) is 39.5 Å². The van der Waals surface area contributed by atoms with Crippen LogP contribution in [0.1, 0.15) is 37.8 Å². The fraction of sp³-hybridized carbons (Fsp3) is 0.611. The molecule has 0 saturated carbocycles. The lowest BCUT2D eigenvalue weighted by Crippen LogP contribution is -2.38. The molecule has 0 radical (unpaired) electrons. The third-order valence-electron chi connectivity index (χ3n) is 4.81. The largest absolute Gasteiger partial charge is 0.370 e. The standard InChI is InChI=1S/C18H30N4O2S/c1-4-15-7-6-8-16(5-2)17(15)21-18(19)20-13-14-9-11-22(12-10-14)25(3,23)24/h6-8,14H,4-5,9-13H2,1-3H3,(H3,19,20,21). The van der Waals surface area contributed by atoms with Gasteiger partial charge in [0, 0.05) is 25.3 Å². The van der Waals surface area contributed by atoms with Gasteiger partial charge in [0.15, 0.2) is 5.96 Å². The van der Waals surface area contributed by atoms with Crippen LogP contribution in [0.3, 0.4) is 0 Å². The molecule has 0 aliphatic carbocycles. The summed E-state index contributed by atoms with van der Waals surface area (Å²) in [5.41, 5.74) is 9.64. The van der Waals surface area contributed by atoms with Gasteiger partial charge in [-0.3, -0.25) is 4.99 Å². The van der Waals surface area contributed by atoms with Crippen molar-refractivity contribution in [3.8, 4) is 0 Å². The molecule has 1 aliphatic rings. The number of rotatable bonds is 6. The topological polar surface area (TPSA) is 87.8 Å². The number of piperidine rings is 1. The van der Waals surface area contributed by atoms with Gasteiger partial charge in [-0.2, -0.15) is 0 Å². The maximum atomic E-state index is 11.6. The van der Waals surface area contributed by atoms with Crippen LogP contribution in [0.5, 0.6) is 0 Å². The quantitative estimate of drug-likeness (QED) is 0.597. The molecule has 0 bridgehead atoms. The summed E-state index contributed by atoms with van der Waals surface area (Å²) < 4.78 is 24.6. The van der Waals surface area contributed by atoms with E-state index in [0.29, 0.717) is 31.5 Å². The van der Waals surface area contributed by atoms with Crippen LogP contribution in [0, 0.1) is 5.92 Å². The second-order valence-corrected chi connectivity index (χ2v) is 8.60. The Labute approximate surface area is 151 Å². The van der Waals surface area contributed by atoms with Gasteiger partial charge in [0.05, 0.1) is 6.26 Å². The first-order valence-electron chi connectivity index (χ1n) is 8.98. The fourth-order valence-corrected chi connectivity index (χ4v) is 4.10. The molecule has 1 aromatic carbocycles. The van der Waals surface area contributed by atoms with Gasteiger partial charge in [-0.1, -0.05) is 32.0 Å². The minimum atomic E-state index is -3.08. The number of anilines is 1. The number of aliphatic imine (C=N–C) groups is 1. The average molecular weight is 367 g/mol. The van der Waals surface area contributed by atoms with Crippen LogP contribution >= 0.6 is 0 Å². The molecule has 0 unspecified atom stereocenters. The second kappa shape index (κ2) is 8.67. The molecular weight excluding hydrogens is 336 g/mol. The third kappa shape index (κ3) is 5.44. The number of hydrogen-bond donors (Lipinski definition) is 2. The summed E-state index contributed by atoms with van der Waals surface area (Å²) >= 11 is 0. The minimum Gasteiger partial charge on any atom is -0.370 e. The average Bonchev–Trinajstić information content (AvgIpc) is 2.59. The van der Waals surface area contributed by atoms with Gasteiger partial charge in [0.2, 0.25) is 10.0 Å². The Kier molecular flexibility index (Phi) is 6.84. The third-order valence-corrected chi connectivity index (χ3v) is 6.12. The molecule has 0 spiro atoms. The number of para-hydroxylation sites is 1. The van der Waals surface area contributed by atoms with Crippen LogP contribution in [-0.4, -0.2) is 44.6 Å². The van der Waals surface area contributed by atoms with Gasteiger partial charge in [-0.15, -0.1) is 0 Å². The maximum absolute atomic E-state index is 11.6. The van der Waals surface area contributed by atoms with Crippen molar-refractivity contribution >= 4 is 21.7 Å². The smallest absolute Gasteiger partial charge is 0.211 e. The van der Waals surface area contributed by atoms with E-state index in [1.165, 1.54) is 17.4 Å². The lowest BCUT2D eigenvalue weighted by atomic mass is 9.98. The van der Waals surface area contributed by atoms with Gasteiger partial charge >= 0.3 is 0 Å². The Bertz CT molecular complexity index is 686. The van der Waals surface area contributed by atoms with Crippen LogP contribution < -0.4 is 11.1 Å². The van der Waals surface area contributed by atoms with Crippen molar-refractivity contribution in [3.05, 3.63) is 29.3 Å². The number of hydrogen-bond acceptors (Lipinski definition) is 3. The first-order chi connectivity index (χ1) is 11.8. The molecule has 0 amide bonds. The molecule has 2 rings (SSSR count). The van der Waals surface area contributed by atoms with Gasteiger partial charge in [0.25, 0.3) is 0 Å². The predicted molar refractivity (Wildman–Crippen MR) is 104 cm³/mol. The summed E-state index contributed by atoms with van der Waals surface area (Å²) in [6, 6.07) is 6.29. The van der Waals surface area contributed by atoms with Crippen molar-refractivity contribution in [1.82, 2.24) is 4.31 Å². The monoisotopic (exact) mass is 366 g/mol. The Hall–Kier alpha value is -1.60. The minimum absolute atomic E-state index is 0.380. The van der Waals surface area contributed by atoms with E-state index in [4.69, 9.17) is 5.73 Å². The van der Waals surface area contributed by atoms with E-state index in [-0.39, 0.29) is 0 Å². The highest BCUT2D eigenvalue weighted by Crippen LogP contribution is 2.23. The van der Waals surface area contributed by atoms with E-state index in [1.54, 1.807) is 4.31 Å². The number of aryl methyl sites for hydroxylation is 2. The first-order valence-corrected chi connectivity index (χ1v) is 10.8. The summed E-state index contributed by atoms with van der Waals surface area (Å²) in [5.74, 6) is 0.812. The number of guanidine groups is 1. The second-order valence-electron chi connectivity index (χ2n) is 6.61. The molecule has 25 heavy (non-hydrogen) atoms. The van der Waals surface area contributed by atoms with Gasteiger partial charge in [0.1, 0.15) is 0 Å². The maximum Gasteiger partial charge on any atom is 0.211 e. The molecule has 1 aromatic rings. The summed E-state index contributed by atoms with van der Waals surface area (Å²) in [6.07, 6.45) is 4.80. The molecule has 1 aliphatic heterocycles. The van der Waals surface area contributed by atoms with Crippen LogP contribution in [0.4, 0.5) is 5.69 Å². The van der Waals surface area contributed by atoms with E-state index in [2.05, 4.69) is 42.4 Å². The van der Waals surface area contributed by atoms with Gasteiger partial charge in [-0.25, -0.2) is 12.7 Å². The highest BCUT2D eigenvalue weighted by molar-refractivity contribution is 7.88. The molecule has 7 heteroatoms. The summed E-state index contributed by atoms with van der Waals surface area (Å²) in [5, 5.41) is 3.28. The number of nitrogens with two attached hydrogens (primary N) is 1. The summed E-state index contributed by atoms with van der Waals surface area (Å²) in [7, 11) is -3.08. The highest BCUT2D eigenvalue weighted by Gasteiger charge is 2.24. The van der Waals surface area contributed by atoms with Crippen molar-refractivity contribution in [2.24, 2.45) is 16.6 Å². The Morgan fingerprint density at radius 2 is 1.80 bits per heavy atom. The number of sulfonamides is 1. The van der Waals surface area contributed by atoms with E-state index in [9.17, 15) is 8.42 Å². The highest BCUT2D eigenvalue weighted by atomic mass is 32.2. The molecule has 140 valence electrons. The van der Waals surface area contributed by atoms with Crippen molar-refractivity contribution < 1.29 is 8.42 Å². The zero-order valence-electron chi connectivity index (χ0n) is 15.5. The van der Waals surface area contributed by atoms with E-state index < -0.39 is 10.0 Å². The zero-order chi connectivity index (χ0) is 18.4. The number of nitrogens with zero attached hydrogens (tertiary/aromatic N) is 2. The molecule has 6 nitrogen and oxygen atoms in total. The van der Waals surface area contributed by atoms with Crippen molar-refractivity contribution in [1.29, 1.82) is 0 Å². The van der Waals surface area contributed by atoms with Crippen molar-refractivity contribution in [2.75, 3.05) is 31.2 Å². The van der Waals surface area contributed by atoms with Gasteiger partial charge < -0.3 is 11.1 Å². The van der Waals surface area contributed by atoms with Crippen molar-refractivity contribution in [3.63, 3.8) is 0 Å². The lowest BCUT2D eigenvalue weighted by molar-refractivity contribution is 0.280. The lowest BCUT2D eigenvalue weighted by Gasteiger charge is -2.29. The molecule has 0 aromatic heterocycles. The van der Waals surface area contributed by atoms with Crippen LogP contribution in [0.25, 0.3) is 0 Å². The molecule has 3 N–H and O–H groups in total. The number of nitrogens with one attached hydrogen (secondary N) is 1. The zero-order valence-corrected chi connectivity index (χ0v) is 16.3. The molecule has 1 heterocycles. The summed E-state index contributed by atoms with van der Waals surface area (Å²) in [4.78, 5) is 4.50. The number of benzene rings is 1. The first kappa shape index (κ1) is 19.7. The van der Waals surface area contributed by atoms with E-state index in [0.717, 1.165) is 31.4 Å². The molecule has 0 atom stereocenters. The normalized spacial score (nSPS) is 17.6. The van der Waals surface area contributed by atoms with Crippen LogP contribution in [0.15, 0.2) is 23.2 Å². The SMILES string of the molecule is CCc1cccc(CC)c1NC(N)=NCC1CCN(S(C)(=O)=O)CC1. The van der Waals surface area contributed by atoms with E-state index in [1.807, 2.05) is 0 Å². The van der Waals surface area contributed by atoms with Crippen LogP contribution in [-0.2, 0) is 22.9 Å². The Morgan fingerprint density at radius 1 is 1.24 bits per heavy atom. The molecule has 1 fully saturated rings. The predicted octanol–water partition coefficient (Wildman–Crippen LogP) is 2.21. The fourth-order valence-electron chi connectivity index (χ4n) is 3.22. The van der Waals surface area contributed by atoms with Gasteiger partial charge in [-0.05, 0) is 42.7 Å².